The van der Waals surface area contributed by atoms with Crippen LogP contribution in [0.15, 0.2) is 54.6 Å². The quantitative estimate of drug-likeness (QED) is 0.692. The third-order valence-electron chi connectivity index (χ3n) is 5.29. The number of aromatic nitrogens is 1. The largest absolute Gasteiger partial charge is 0.379 e. The van der Waals surface area contributed by atoms with E-state index in [1.54, 1.807) is 0 Å². The predicted octanol–water partition coefficient (Wildman–Crippen LogP) is 4.00. The van der Waals surface area contributed by atoms with Crippen LogP contribution in [0.5, 0.6) is 0 Å². The Balaban J connectivity index is 1.57. The molecule has 1 atom stereocenters. The molecule has 1 unspecified atom stereocenters. The van der Waals surface area contributed by atoms with Crippen molar-refractivity contribution in [3.05, 3.63) is 76.4 Å². The van der Waals surface area contributed by atoms with Crippen molar-refractivity contribution in [1.82, 2.24) is 15.2 Å². The number of hydrogen-bond acceptors (Lipinski definition) is 4. The standard InChI is InChI=1S/C23H24ClN3O2/c1-16-14-20(19-4-2-3-5-21(19)26-16)23(28)25-15-22(27-10-12-29-13-11-27)17-6-8-18(24)9-7-17/h2-9,14,22H,10-13,15H2,1H3,(H,25,28). The summed E-state index contributed by atoms with van der Waals surface area (Å²) in [6.45, 7) is 5.49. The fourth-order valence-electron chi connectivity index (χ4n) is 3.81. The molecule has 0 saturated carbocycles. The first-order valence-electron chi connectivity index (χ1n) is 9.83. The molecule has 150 valence electrons. The van der Waals surface area contributed by atoms with Gasteiger partial charge in [0, 0.05) is 35.7 Å². The van der Waals surface area contributed by atoms with Gasteiger partial charge >= 0.3 is 0 Å². The minimum atomic E-state index is -0.0843. The van der Waals surface area contributed by atoms with Gasteiger partial charge in [0.1, 0.15) is 0 Å². The molecule has 1 aliphatic rings. The molecule has 1 fully saturated rings. The van der Waals surface area contributed by atoms with Gasteiger partial charge in [-0.05, 0) is 36.8 Å². The number of ether oxygens (including phenoxy) is 1. The van der Waals surface area contributed by atoms with Gasteiger partial charge in [-0.2, -0.15) is 0 Å². The summed E-state index contributed by atoms with van der Waals surface area (Å²) in [5.74, 6) is -0.0843. The van der Waals surface area contributed by atoms with E-state index in [1.165, 1.54) is 0 Å². The summed E-state index contributed by atoms with van der Waals surface area (Å²) >= 11 is 6.07. The molecule has 2 aromatic carbocycles. The molecule has 1 amide bonds. The third-order valence-corrected chi connectivity index (χ3v) is 5.54. The van der Waals surface area contributed by atoms with Crippen LogP contribution in [0.3, 0.4) is 0 Å². The molecular formula is C23H24ClN3O2. The minimum absolute atomic E-state index is 0.0642. The van der Waals surface area contributed by atoms with E-state index >= 15 is 0 Å². The van der Waals surface area contributed by atoms with E-state index in [2.05, 4.69) is 15.2 Å². The number of rotatable bonds is 5. The molecule has 3 aromatic rings. The van der Waals surface area contributed by atoms with Crippen LogP contribution in [-0.2, 0) is 4.74 Å². The second-order valence-corrected chi connectivity index (χ2v) is 7.69. The van der Waals surface area contributed by atoms with E-state index < -0.39 is 0 Å². The first-order valence-corrected chi connectivity index (χ1v) is 10.2. The van der Waals surface area contributed by atoms with E-state index in [0.29, 0.717) is 30.3 Å². The number of pyridine rings is 1. The Morgan fingerprint density at radius 3 is 2.66 bits per heavy atom. The Morgan fingerprint density at radius 1 is 1.17 bits per heavy atom. The van der Waals surface area contributed by atoms with Crippen LogP contribution < -0.4 is 5.32 Å². The fourth-order valence-corrected chi connectivity index (χ4v) is 3.94. The van der Waals surface area contributed by atoms with Crippen molar-refractivity contribution in [3.63, 3.8) is 0 Å². The average molecular weight is 410 g/mol. The maximum absolute atomic E-state index is 13.1. The number of carbonyl (C=O) groups excluding carboxylic acids is 1. The maximum Gasteiger partial charge on any atom is 0.252 e. The zero-order chi connectivity index (χ0) is 20.2. The lowest BCUT2D eigenvalue weighted by atomic mass is 10.0. The van der Waals surface area contributed by atoms with Gasteiger partial charge in [-0.1, -0.05) is 41.9 Å². The number of carbonyl (C=O) groups is 1. The van der Waals surface area contributed by atoms with Gasteiger partial charge in [0.05, 0.1) is 30.3 Å². The zero-order valence-electron chi connectivity index (χ0n) is 16.4. The van der Waals surface area contributed by atoms with E-state index in [0.717, 1.165) is 35.2 Å². The summed E-state index contributed by atoms with van der Waals surface area (Å²) in [7, 11) is 0. The van der Waals surface area contributed by atoms with E-state index in [9.17, 15) is 4.79 Å². The molecule has 1 aliphatic heterocycles. The van der Waals surface area contributed by atoms with Gasteiger partial charge in [0.25, 0.3) is 5.91 Å². The van der Waals surface area contributed by atoms with Crippen LogP contribution in [0.4, 0.5) is 0 Å². The number of halogens is 1. The predicted molar refractivity (Wildman–Crippen MR) is 115 cm³/mol. The number of aryl methyl sites for hydroxylation is 1. The molecule has 0 spiro atoms. The monoisotopic (exact) mass is 409 g/mol. The number of hydrogen-bond donors (Lipinski definition) is 1. The van der Waals surface area contributed by atoms with Crippen molar-refractivity contribution in [2.75, 3.05) is 32.8 Å². The Bertz CT molecular complexity index is 1000. The molecule has 4 rings (SSSR count). The van der Waals surface area contributed by atoms with Gasteiger partial charge < -0.3 is 10.1 Å². The fraction of sp³-hybridized carbons (Fsp3) is 0.304. The van der Waals surface area contributed by atoms with Crippen molar-refractivity contribution in [3.8, 4) is 0 Å². The molecular weight excluding hydrogens is 386 g/mol. The summed E-state index contributed by atoms with van der Waals surface area (Å²) in [5, 5.41) is 4.72. The number of morpholine rings is 1. The molecule has 1 saturated heterocycles. The molecule has 2 heterocycles. The molecule has 0 radical (unpaired) electrons. The van der Waals surface area contributed by atoms with Gasteiger partial charge in [0.15, 0.2) is 0 Å². The van der Waals surface area contributed by atoms with Crippen LogP contribution in [0.1, 0.15) is 27.7 Å². The minimum Gasteiger partial charge on any atom is -0.379 e. The molecule has 29 heavy (non-hydrogen) atoms. The van der Waals surface area contributed by atoms with Crippen LogP contribution in [0.2, 0.25) is 5.02 Å². The number of para-hydroxylation sites is 1. The van der Waals surface area contributed by atoms with Crippen molar-refractivity contribution < 1.29 is 9.53 Å². The van der Waals surface area contributed by atoms with Crippen molar-refractivity contribution in [2.24, 2.45) is 0 Å². The third kappa shape index (κ3) is 4.58. The number of benzene rings is 2. The molecule has 0 bridgehead atoms. The van der Waals surface area contributed by atoms with E-state index in [-0.39, 0.29) is 11.9 Å². The molecule has 0 aliphatic carbocycles. The lowest BCUT2D eigenvalue weighted by Gasteiger charge is -2.35. The van der Waals surface area contributed by atoms with Crippen molar-refractivity contribution in [1.29, 1.82) is 0 Å². The van der Waals surface area contributed by atoms with Gasteiger partial charge in [-0.3, -0.25) is 14.7 Å². The Kier molecular flexibility index (Phi) is 6.09. The molecule has 6 heteroatoms. The van der Waals surface area contributed by atoms with Crippen molar-refractivity contribution >= 4 is 28.4 Å². The summed E-state index contributed by atoms with van der Waals surface area (Å²) in [6.07, 6.45) is 0. The smallest absolute Gasteiger partial charge is 0.252 e. The van der Waals surface area contributed by atoms with Gasteiger partial charge in [-0.25, -0.2) is 0 Å². The van der Waals surface area contributed by atoms with Crippen LogP contribution >= 0.6 is 11.6 Å². The van der Waals surface area contributed by atoms with Crippen LogP contribution in [0.25, 0.3) is 10.9 Å². The summed E-state index contributed by atoms with van der Waals surface area (Å²) in [4.78, 5) is 20.0. The molecule has 5 nitrogen and oxygen atoms in total. The first-order chi connectivity index (χ1) is 14.1. The summed E-state index contributed by atoms with van der Waals surface area (Å²) in [5.41, 5.74) is 3.45. The molecule has 1 aromatic heterocycles. The van der Waals surface area contributed by atoms with E-state index in [1.807, 2.05) is 61.5 Å². The maximum atomic E-state index is 13.1. The SMILES string of the molecule is Cc1cc(C(=O)NCC(c2ccc(Cl)cc2)N2CCOCC2)c2ccccc2n1. The zero-order valence-corrected chi connectivity index (χ0v) is 17.2. The number of nitrogens with zero attached hydrogens (tertiary/aromatic N) is 2. The van der Waals surface area contributed by atoms with Gasteiger partial charge in [-0.15, -0.1) is 0 Å². The summed E-state index contributed by atoms with van der Waals surface area (Å²) < 4.78 is 5.50. The first kappa shape index (κ1) is 19.8. The Hall–Kier alpha value is -2.47. The van der Waals surface area contributed by atoms with Gasteiger partial charge in [0.2, 0.25) is 0 Å². The lowest BCUT2D eigenvalue weighted by Crippen LogP contribution is -2.43. The van der Waals surface area contributed by atoms with E-state index in [4.69, 9.17) is 16.3 Å². The highest BCUT2D eigenvalue weighted by atomic mass is 35.5. The molecule has 1 N–H and O–H groups in total. The average Bonchev–Trinajstić information content (AvgIpc) is 2.75. The number of amides is 1. The number of nitrogens with one attached hydrogen (secondary N) is 1. The number of fused-ring (bicyclic) bond motifs is 1. The Morgan fingerprint density at radius 2 is 1.90 bits per heavy atom. The van der Waals surface area contributed by atoms with Crippen molar-refractivity contribution in [2.45, 2.75) is 13.0 Å². The topological polar surface area (TPSA) is 54.5 Å². The normalized spacial score (nSPS) is 15.9. The highest BCUT2D eigenvalue weighted by Crippen LogP contribution is 2.24. The van der Waals surface area contributed by atoms with Crippen LogP contribution in [0, 0.1) is 6.92 Å². The highest BCUT2D eigenvalue weighted by Gasteiger charge is 2.24. The highest BCUT2D eigenvalue weighted by molar-refractivity contribution is 6.30. The Labute approximate surface area is 175 Å². The second kappa shape index (κ2) is 8.91. The lowest BCUT2D eigenvalue weighted by molar-refractivity contribution is 0.0162. The second-order valence-electron chi connectivity index (χ2n) is 7.25. The van der Waals surface area contributed by atoms with Crippen LogP contribution in [-0.4, -0.2) is 48.6 Å². The summed E-state index contributed by atoms with van der Waals surface area (Å²) in [6, 6.07) is 17.5.